The largest absolute Gasteiger partial charge is 0.408 e. The zero-order valence-electron chi connectivity index (χ0n) is 18.7. The molecule has 10 heteroatoms. The van der Waals surface area contributed by atoms with Gasteiger partial charge in [-0.05, 0) is 42.2 Å². The number of amides is 1. The average molecular weight is 504 g/mol. The number of benzene rings is 2. The molecule has 0 aliphatic carbocycles. The van der Waals surface area contributed by atoms with Crippen LogP contribution in [0.1, 0.15) is 30.0 Å². The van der Waals surface area contributed by atoms with Crippen LogP contribution in [0.5, 0.6) is 0 Å². The van der Waals surface area contributed by atoms with Gasteiger partial charge in [-0.1, -0.05) is 53.7 Å². The van der Waals surface area contributed by atoms with Crippen LogP contribution in [-0.2, 0) is 4.79 Å². The topological polar surface area (TPSA) is 91.4 Å². The predicted octanol–water partition coefficient (Wildman–Crippen LogP) is 5.02. The fourth-order valence-electron chi connectivity index (χ4n) is 4.56. The van der Waals surface area contributed by atoms with Crippen LogP contribution in [0, 0.1) is 12.8 Å². The van der Waals surface area contributed by atoms with Crippen molar-refractivity contribution in [1.29, 1.82) is 0 Å². The normalized spacial score (nSPS) is 20.9. The Bertz CT molecular complexity index is 1510. The van der Waals surface area contributed by atoms with Crippen molar-refractivity contribution >= 4 is 51.7 Å². The number of aryl methyl sites for hydroxylation is 1. The molecule has 0 spiro atoms. The number of carbonyl (C=O) groups excluding carboxylic acids is 1. The van der Waals surface area contributed by atoms with Crippen LogP contribution in [0.3, 0.4) is 0 Å². The van der Waals surface area contributed by atoms with Gasteiger partial charge in [0.1, 0.15) is 11.5 Å². The fraction of sp³-hybridized carbons (Fsp3) is 0.160. The van der Waals surface area contributed by atoms with E-state index in [2.05, 4.69) is 15.1 Å². The summed E-state index contributed by atoms with van der Waals surface area (Å²) >= 11 is 7.54. The SMILES string of the molecule is CC1=NN(c2ccccc2)C(=O)C1C1=CSC2=Nc3nc(C)oc(=O)c3C(c3ccc(Cl)cc3)N12. The number of hydrogen-bond acceptors (Lipinski definition) is 8. The van der Waals surface area contributed by atoms with Crippen molar-refractivity contribution in [1.82, 2.24) is 9.88 Å². The van der Waals surface area contributed by atoms with E-state index in [0.29, 0.717) is 38.7 Å². The standard InChI is InChI=1S/C25H18ClN5O3S/c1-13-19(23(32)31(29-13)17-6-4-3-5-7-17)18-12-35-25-28-22-20(24(33)34-14(2)27-22)21(30(18)25)15-8-10-16(26)11-9-15/h3-12,19,21H,1-2H3. The molecule has 3 aliphatic rings. The van der Waals surface area contributed by atoms with E-state index in [-0.39, 0.29) is 11.8 Å². The van der Waals surface area contributed by atoms with Gasteiger partial charge in [0.2, 0.25) is 0 Å². The minimum Gasteiger partial charge on any atom is -0.408 e. The van der Waals surface area contributed by atoms with Crippen LogP contribution < -0.4 is 10.6 Å². The molecule has 8 nitrogen and oxygen atoms in total. The number of hydrazone groups is 1. The number of para-hydroxylation sites is 1. The molecule has 4 heterocycles. The monoisotopic (exact) mass is 503 g/mol. The Morgan fingerprint density at radius 2 is 1.77 bits per heavy atom. The summed E-state index contributed by atoms with van der Waals surface area (Å²) in [5.74, 6) is -0.236. The molecule has 3 aliphatic heterocycles. The number of aliphatic imine (C=N–C) groups is 1. The van der Waals surface area contributed by atoms with Gasteiger partial charge < -0.3 is 9.32 Å². The number of amidine groups is 1. The first-order valence-electron chi connectivity index (χ1n) is 10.9. The quantitative estimate of drug-likeness (QED) is 0.498. The van der Waals surface area contributed by atoms with E-state index in [4.69, 9.17) is 16.0 Å². The maximum Gasteiger partial charge on any atom is 0.346 e. The summed E-state index contributed by atoms with van der Waals surface area (Å²) in [5.41, 5.74) is 2.65. The Hall–Kier alpha value is -3.69. The number of anilines is 1. The molecular weight excluding hydrogens is 486 g/mol. The number of halogens is 1. The third-order valence-electron chi connectivity index (χ3n) is 6.08. The zero-order chi connectivity index (χ0) is 24.3. The Morgan fingerprint density at radius 3 is 2.51 bits per heavy atom. The van der Waals surface area contributed by atoms with E-state index < -0.39 is 17.6 Å². The molecule has 0 fully saturated rings. The highest BCUT2D eigenvalue weighted by atomic mass is 35.5. The highest BCUT2D eigenvalue weighted by molar-refractivity contribution is 8.16. The van der Waals surface area contributed by atoms with E-state index in [9.17, 15) is 9.59 Å². The number of hydrogen-bond donors (Lipinski definition) is 0. The van der Waals surface area contributed by atoms with Crippen molar-refractivity contribution in [2.45, 2.75) is 19.9 Å². The third kappa shape index (κ3) is 3.50. The molecular formula is C25H18ClN5O3S. The van der Waals surface area contributed by atoms with E-state index in [1.807, 2.05) is 59.7 Å². The molecule has 174 valence electrons. The van der Waals surface area contributed by atoms with Gasteiger partial charge in [0.05, 0.1) is 17.4 Å². The minimum atomic E-state index is -0.628. The maximum absolute atomic E-state index is 13.6. The van der Waals surface area contributed by atoms with E-state index in [0.717, 1.165) is 5.56 Å². The van der Waals surface area contributed by atoms with Gasteiger partial charge in [0.15, 0.2) is 16.9 Å². The number of thioether (sulfide) groups is 1. The van der Waals surface area contributed by atoms with Gasteiger partial charge >= 0.3 is 5.63 Å². The number of aromatic nitrogens is 1. The van der Waals surface area contributed by atoms with Crippen LogP contribution in [0.2, 0.25) is 5.02 Å². The first kappa shape index (κ1) is 21.8. The van der Waals surface area contributed by atoms with Crippen LogP contribution in [0.15, 0.2) is 85.0 Å². The van der Waals surface area contributed by atoms with Gasteiger partial charge in [-0.15, -0.1) is 0 Å². The third-order valence-corrected chi connectivity index (χ3v) is 7.19. The Morgan fingerprint density at radius 1 is 1.03 bits per heavy atom. The second-order valence-corrected chi connectivity index (χ2v) is 9.57. The lowest BCUT2D eigenvalue weighted by Crippen LogP contribution is -2.41. The van der Waals surface area contributed by atoms with Crippen molar-refractivity contribution < 1.29 is 9.21 Å². The predicted molar refractivity (Wildman–Crippen MR) is 136 cm³/mol. The lowest BCUT2D eigenvalue weighted by molar-refractivity contribution is -0.119. The van der Waals surface area contributed by atoms with Gasteiger partial charge in [0.25, 0.3) is 5.91 Å². The molecule has 1 aromatic heterocycles. The Labute approximate surface area is 209 Å². The zero-order valence-corrected chi connectivity index (χ0v) is 20.2. The maximum atomic E-state index is 13.6. The van der Waals surface area contributed by atoms with Crippen molar-refractivity contribution in [2.24, 2.45) is 16.0 Å². The van der Waals surface area contributed by atoms with E-state index in [1.165, 1.54) is 16.8 Å². The Balaban J connectivity index is 1.47. The minimum absolute atomic E-state index is 0.170. The van der Waals surface area contributed by atoms with Gasteiger partial charge in [-0.25, -0.2) is 9.79 Å². The summed E-state index contributed by atoms with van der Waals surface area (Å²) in [6.45, 7) is 3.45. The van der Waals surface area contributed by atoms with Gasteiger partial charge in [-0.2, -0.15) is 15.1 Å². The Kier molecular flexibility index (Phi) is 5.12. The average Bonchev–Trinajstić information content (AvgIpc) is 3.38. The number of nitrogens with zero attached hydrogens (tertiary/aromatic N) is 5. The highest BCUT2D eigenvalue weighted by Gasteiger charge is 2.47. The van der Waals surface area contributed by atoms with E-state index >= 15 is 0 Å². The highest BCUT2D eigenvalue weighted by Crippen LogP contribution is 2.47. The summed E-state index contributed by atoms with van der Waals surface area (Å²) in [4.78, 5) is 37.6. The number of fused-ring (bicyclic) bond motifs is 2. The smallest absolute Gasteiger partial charge is 0.346 e. The van der Waals surface area contributed by atoms with Crippen LogP contribution >= 0.6 is 23.4 Å². The molecule has 0 N–H and O–H groups in total. The summed E-state index contributed by atoms with van der Waals surface area (Å²) in [5, 5.41) is 9.09. The molecule has 0 saturated heterocycles. The lowest BCUT2D eigenvalue weighted by Gasteiger charge is -2.36. The molecule has 0 saturated carbocycles. The summed E-state index contributed by atoms with van der Waals surface area (Å²) in [7, 11) is 0. The second-order valence-electron chi connectivity index (χ2n) is 8.30. The molecule has 2 atom stereocenters. The fourth-order valence-corrected chi connectivity index (χ4v) is 5.62. The number of rotatable bonds is 3. The van der Waals surface area contributed by atoms with E-state index in [1.54, 1.807) is 19.1 Å². The van der Waals surface area contributed by atoms with Crippen molar-refractivity contribution in [2.75, 3.05) is 5.01 Å². The molecule has 6 rings (SSSR count). The summed E-state index contributed by atoms with van der Waals surface area (Å²) < 4.78 is 5.36. The van der Waals surface area contributed by atoms with Gasteiger partial charge in [-0.3, -0.25) is 4.79 Å². The van der Waals surface area contributed by atoms with Crippen LogP contribution in [0.25, 0.3) is 0 Å². The van der Waals surface area contributed by atoms with Crippen molar-refractivity contribution in [3.05, 3.63) is 98.2 Å². The molecule has 2 unspecified atom stereocenters. The summed E-state index contributed by atoms with van der Waals surface area (Å²) in [6, 6.07) is 16.0. The molecule has 1 amide bonds. The first-order chi connectivity index (χ1) is 16.9. The molecule has 0 bridgehead atoms. The number of carbonyl (C=O) groups is 1. The molecule has 35 heavy (non-hydrogen) atoms. The summed E-state index contributed by atoms with van der Waals surface area (Å²) in [6.07, 6.45) is 0. The molecule has 0 radical (unpaired) electrons. The molecule has 3 aromatic rings. The van der Waals surface area contributed by atoms with Crippen LogP contribution in [0.4, 0.5) is 11.5 Å². The lowest BCUT2D eigenvalue weighted by atomic mass is 9.93. The second kappa shape index (κ2) is 8.21. The van der Waals surface area contributed by atoms with Crippen molar-refractivity contribution in [3.8, 4) is 0 Å². The van der Waals surface area contributed by atoms with Crippen LogP contribution in [-0.4, -0.2) is 26.7 Å². The first-order valence-corrected chi connectivity index (χ1v) is 12.1. The molecule has 2 aromatic carbocycles. The van der Waals surface area contributed by atoms with Gasteiger partial charge in [0, 0.05) is 17.6 Å². The van der Waals surface area contributed by atoms with Crippen molar-refractivity contribution in [3.63, 3.8) is 0 Å².